The van der Waals surface area contributed by atoms with Crippen LogP contribution in [0.2, 0.25) is 0 Å². The van der Waals surface area contributed by atoms with Gasteiger partial charge in [-0.05, 0) is 33.8 Å². The number of halogens is 3. The quantitative estimate of drug-likeness (QED) is 0.803. The molecule has 2 heterocycles. The molecule has 2 rings (SSSR count). The van der Waals surface area contributed by atoms with E-state index in [2.05, 4.69) is 4.98 Å². The zero-order chi connectivity index (χ0) is 15.3. The summed E-state index contributed by atoms with van der Waals surface area (Å²) in [5.74, 6) is -0.238. The first kappa shape index (κ1) is 15.1. The largest absolute Gasteiger partial charge is 0.498 e. The summed E-state index contributed by atoms with van der Waals surface area (Å²) in [6, 6.07) is 2.12. The molecule has 20 heavy (non-hydrogen) atoms. The van der Waals surface area contributed by atoms with E-state index in [-0.39, 0.29) is 5.82 Å². The van der Waals surface area contributed by atoms with Crippen LogP contribution in [-0.4, -0.2) is 23.3 Å². The summed E-state index contributed by atoms with van der Waals surface area (Å²) in [6.45, 7) is 7.39. The molecule has 8 heteroatoms. The highest BCUT2D eigenvalue weighted by atomic mass is 19.4. The second-order valence-corrected chi connectivity index (χ2v) is 5.76. The number of nitrogen functional groups attached to an aromatic ring is 1. The van der Waals surface area contributed by atoms with Crippen molar-refractivity contribution < 1.29 is 22.5 Å². The van der Waals surface area contributed by atoms with Crippen LogP contribution in [0, 0.1) is 0 Å². The molecule has 110 valence electrons. The standard InChI is InChI=1S/C12H16BF3N2O2/c1-10(2)11(3,4)20-13(19-10)7-5-6-8(12(14,15)16)18-9(7)17/h5-6H,1-4H3,(H2,17,18). The van der Waals surface area contributed by atoms with Gasteiger partial charge in [0.2, 0.25) is 0 Å². The summed E-state index contributed by atoms with van der Waals surface area (Å²) in [4.78, 5) is 3.38. The lowest BCUT2D eigenvalue weighted by molar-refractivity contribution is -0.141. The molecule has 0 bridgehead atoms. The third-order valence-electron chi connectivity index (χ3n) is 3.76. The molecule has 1 aromatic heterocycles. The van der Waals surface area contributed by atoms with E-state index in [1.165, 1.54) is 6.07 Å². The van der Waals surface area contributed by atoms with Gasteiger partial charge < -0.3 is 15.0 Å². The topological polar surface area (TPSA) is 57.4 Å². The van der Waals surface area contributed by atoms with Crippen LogP contribution in [0.4, 0.5) is 19.0 Å². The lowest BCUT2D eigenvalue weighted by Gasteiger charge is -2.32. The first-order valence-corrected chi connectivity index (χ1v) is 6.13. The van der Waals surface area contributed by atoms with Crippen molar-refractivity contribution >= 4 is 18.4 Å². The van der Waals surface area contributed by atoms with E-state index in [1.54, 1.807) is 0 Å². The third-order valence-corrected chi connectivity index (χ3v) is 3.76. The first-order chi connectivity index (χ1) is 8.94. The van der Waals surface area contributed by atoms with Crippen molar-refractivity contribution in [2.75, 3.05) is 5.73 Å². The molecule has 4 nitrogen and oxygen atoms in total. The maximum absolute atomic E-state index is 12.5. The van der Waals surface area contributed by atoms with Crippen LogP contribution in [-0.2, 0) is 15.5 Å². The molecular weight excluding hydrogens is 272 g/mol. The molecule has 0 saturated carbocycles. The molecule has 0 unspecified atom stereocenters. The summed E-state index contributed by atoms with van der Waals surface area (Å²) < 4.78 is 49.1. The molecule has 0 aliphatic carbocycles. The van der Waals surface area contributed by atoms with Crippen LogP contribution in [0.25, 0.3) is 0 Å². The summed E-state index contributed by atoms with van der Waals surface area (Å²) in [5.41, 5.74) is 3.69. The van der Waals surface area contributed by atoms with Gasteiger partial charge in [-0.3, -0.25) is 0 Å². The van der Waals surface area contributed by atoms with Gasteiger partial charge in [0.1, 0.15) is 11.5 Å². The number of aromatic nitrogens is 1. The molecule has 0 amide bonds. The van der Waals surface area contributed by atoms with Gasteiger partial charge in [0.05, 0.1) is 11.2 Å². The minimum absolute atomic E-state index is 0.238. The molecular formula is C12H16BF3N2O2. The van der Waals surface area contributed by atoms with Crippen LogP contribution < -0.4 is 11.2 Å². The molecule has 0 spiro atoms. The van der Waals surface area contributed by atoms with Gasteiger partial charge in [0, 0.05) is 5.46 Å². The van der Waals surface area contributed by atoms with E-state index in [9.17, 15) is 13.2 Å². The van der Waals surface area contributed by atoms with Gasteiger partial charge in [-0.2, -0.15) is 13.2 Å². The Bertz CT molecular complexity index is 516. The molecule has 1 saturated heterocycles. The Hall–Kier alpha value is -1.28. The van der Waals surface area contributed by atoms with E-state index in [1.807, 2.05) is 27.7 Å². The molecule has 0 radical (unpaired) electrons. The summed E-state index contributed by atoms with van der Waals surface area (Å²) in [5, 5.41) is 0. The number of rotatable bonds is 1. The number of alkyl halides is 3. The maximum Gasteiger partial charge on any atom is 0.498 e. The van der Waals surface area contributed by atoms with Crippen molar-refractivity contribution in [3.8, 4) is 0 Å². The fraction of sp³-hybridized carbons (Fsp3) is 0.583. The van der Waals surface area contributed by atoms with Crippen molar-refractivity contribution in [2.24, 2.45) is 0 Å². The molecule has 1 fully saturated rings. The Morgan fingerprint density at radius 1 is 1.10 bits per heavy atom. The normalized spacial score (nSPS) is 21.2. The molecule has 1 aromatic rings. The Labute approximate surface area is 115 Å². The Morgan fingerprint density at radius 2 is 1.60 bits per heavy atom. The van der Waals surface area contributed by atoms with E-state index >= 15 is 0 Å². The summed E-state index contributed by atoms with van der Waals surface area (Å²) in [6.07, 6.45) is -4.53. The van der Waals surface area contributed by atoms with Crippen LogP contribution in [0.3, 0.4) is 0 Å². The number of hydrogen-bond acceptors (Lipinski definition) is 4. The van der Waals surface area contributed by atoms with Gasteiger partial charge in [0.15, 0.2) is 0 Å². The van der Waals surface area contributed by atoms with Crippen LogP contribution in [0.5, 0.6) is 0 Å². The fourth-order valence-corrected chi connectivity index (χ4v) is 1.81. The predicted octanol–water partition coefficient (Wildman–Crippen LogP) is 1.98. The number of nitrogens with zero attached hydrogens (tertiary/aromatic N) is 1. The van der Waals surface area contributed by atoms with Gasteiger partial charge in [-0.15, -0.1) is 0 Å². The number of hydrogen-bond donors (Lipinski definition) is 1. The highest BCUT2D eigenvalue weighted by Gasteiger charge is 2.52. The van der Waals surface area contributed by atoms with Crippen molar-refractivity contribution in [1.29, 1.82) is 0 Å². The monoisotopic (exact) mass is 288 g/mol. The van der Waals surface area contributed by atoms with Gasteiger partial charge in [0.25, 0.3) is 0 Å². The molecule has 1 aliphatic rings. The molecule has 2 N–H and O–H groups in total. The first-order valence-electron chi connectivity index (χ1n) is 6.13. The summed E-state index contributed by atoms with van der Waals surface area (Å²) >= 11 is 0. The highest BCUT2D eigenvalue weighted by Crippen LogP contribution is 2.37. The minimum Gasteiger partial charge on any atom is -0.399 e. The Morgan fingerprint density at radius 3 is 2.00 bits per heavy atom. The molecule has 1 aliphatic heterocycles. The smallest absolute Gasteiger partial charge is 0.399 e. The van der Waals surface area contributed by atoms with E-state index in [0.29, 0.717) is 5.46 Å². The van der Waals surface area contributed by atoms with Crippen molar-refractivity contribution in [3.05, 3.63) is 17.8 Å². The van der Waals surface area contributed by atoms with Gasteiger partial charge in [-0.1, -0.05) is 6.07 Å². The van der Waals surface area contributed by atoms with Gasteiger partial charge in [-0.25, -0.2) is 4.98 Å². The second-order valence-electron chi connectivity index (χ2n) is 5.76. The van der Waals surface area contributed by atoms with E-state index in [4.69, 9.17) is 15.0 Å². The predicted molar refractivity (Wildman–Crippen MR) is 69.4 cm³/mol. The van der Waals surface area contributed by atoms with Crippen LogP contribution in [0.1, 0.15) is 33.4 Å². The Kier molecular flexibility index (Phi) is 3.30. The molecule has 0 atom stereocenters. The van der Waals surface area contributed by atoms with Crippen molar-refractivity contribution in [2.45, 2.75) is 45.1 Å². The second kappa shape index (κ2) is 4.36. The van der Waals surface area contributed by atoms with Crippen LogP contribution >= 0.6 is 0 Å². The fourth-order valence-electron chi connectivity index (χ4n) is 1.81. The summed E-state index contributed by atoms with van der Waals surface area (Å²) in [7, 11) is -0.824. The van der Waals surface area contributed by atoms with E-state index < -0.39 is 30.2 Å². The molecule has 0 aromatic carbocycles. The number of anilines is 1. The van der Waals surface area contributed by atoms with Gasteiger partial charge >= 0.3 is 13.3 Å². The van der Waals surface area contributed by atoms with Crippen molar-refractivity contribution in [1.82, 2.24) is 4.98 Å². The maximum atomic E-state index is 12.5. The average molecular weight is 288 g/mol. The van der Waals surface area contributed by atoms with E-state index in [0.717, 1.165) is 6.07 Å². The van der Waals surface area contributed by atoms with Crippen molar-refractivity contribution in [3.63, 3.8) is 0 Å². The zero-order valence-corrected chi connectivity index (χ0v) is 11.7. The number of pyridine rings is 1. The highest BCUT2D eigenvalue weighted by molar-refractivity contribution is 6.63. The third kappa shape index (κ3) is 2.49. The zero-order valence-electron chi connectivity index (χ0n) is 11.7. The number of nitrogens with two attached hydrogens (primary N) is 1. The average Bonchev–Trinajstić information content (AvgIpc) is 2.46. The lowest BCUT2D eigenvalue weighted by atomic mass is 9.79. The SMILES string of the molecule is CC1(C)OB(c2ccc(C(F)(F)F)nc2N)OC1(C)C. The Balaban J connectivity index is 2.33. The van der Waals surface area contributed by atoms with Crippen LogP contribution in [0.15, 0.2) is 12.1 Å². The lowest BCUT2D eigenvalue weighted by Crippen LogP contribution is -2.41. The minimum atomic E-state index is -4.53.